The van der Waals surface area contributed by atoms with Gasteiger partial charge in [0.2, 0.25) is 12.8 Å². The Balaban J connectivity index is 0.000000619. The number of halogens is 5. The van der Waals surface area contributed by atoms with E-state index >= 15 is 0 Å². The molecule has 0 saturated heterocycles. The molecule has 0 aliphatic carbocycles. The van der Waals surface area contributed by atoms with Gasteiger partial charge in [-0.25, -0.2) is 19.9 Å². The van der Waals surface area contributed by atoms with Crippen molar-refractivity contribution in [1.82, 2.24) is 24.9 Å². The summed E-state index contributed by atoms with van der Waals surface area (Å²) in [6, 6.07) is 10.9. The molecule has 0 fully saturated rings. The maximum Gasteiger partial charge on any atom is 0.446 e. The Kier molecular flexibility index (Phi) is 20.8. The van der Waals surface area contributed by atoms with Gasteiger partial charge in [-0.05, 0) is 29.8 Å². The number of carbonyl (C=O) groups excluding carboxylic acids is 3. The van der Waals surface area contributed by atoms with E-state index in [4.69, 9.17) is 17.8 Å². The standard InChI is InChI=1S/C13H14N3O2.C8H9NO2.C5H5ClN2.C2HF3O.CH3F/c1-18-13(17)8-11-4-2-7-16(9-11)10-12-14-5-3-6-15-12;1-11-8(10)5-7-3-2-4-9-6-7;6-4-5-7-2-1-3-8-5;3-2(4,5)1-6;1-2/h2-7,9H,8,10H2,1H3;2-4,6H,5H2,1H3;1-3H,4H2;1H;1H3/q+1;;;;/i;;;;1D. The summed E-state index contributed by atoms with van der Waals surface area (Å²) in [5.41, 5.74) is 1.78. The number of hydrogen-bond donors (Lipinski definition) is 0. The van der Waals surface area contributed by atoms with Gasteiger partial charge >= 0.3 is 18.1 Å². The van der Waals surface area contributed by atoms with Crippen LogP contribution in [0.25, 0.3) is 0 Å². The maximum atomic E-state index is 11.2. The zero-order valence-electron chi connectivity index (χ0n) is 25.3. The van der Waals surface area contributed by atoms with E-state index in [1.807, 2.05) is 35.2 Å². The van der Waals surface area contributed by atoms with Gasteiger partial charge in [0.1, 0.15) is 5.82 Å². The minimum absolute atomic E-state index is 0.238. The molecule has 16 heteroatoms. The van der Waals surface area contributed by atoms with Crippen LogP contribution in [0.2, 0.25) is 0 Å². The Morgan fingerprint density at radius 1 is 0.889 bits per heavy atom. The second kappa shape index (κ2) is 24.5. The van der Waals surface area contributed by atoms with Crippen molar-refractivity contribution in [3.63, 3.8) is 0 Å². The van der Waals surface area contributed by atoms with Gasteiger partial charge in [-0.3, -0.25) is 23.8 Å². The van der Waals surface area contributed by atoms with Crippen LogP contribution in [0.15, 0.2) is 86.0 Å². The lowest BCUT2D eigenvalue weighted by atomic mass is 10.2. The zero-order valence-corrected chi connectivity index (χ0v) is 25.1. The van der Waals surface area contributed by atoms with Gasteiger partial charge in [0.05, 0.1) is 41.5 Å². The lowest BCUT2D eigenvalue weighted by molar-refractivity contribution is -0.689. The summed E-state index contributed by atoms with van der Waals surface area (Å²) >= 11 is 5.40. The minimum Gasteiger partial charge on any atom is -0.469 e. The summed E-state index contributed by atoms with van der Waals surface area (Å²) in [7, 11) is 1.76. The van der Waals surface area contributed by atoms with E-state index in [-0.39, 0.29) is 18.4 Å². The van der Waals surface area contributed by atoms with Crippen molar-refractivity contribution in [2.24, 2.45) is 0 Å². The topological polar surface area (TPSA) is 138 Å². The van der Waals surface area contributed by atoms with Crippen molar-refractivity contribution in [2.45, 2.75) is 31.4 Å². The highest BCUT2D eigenvalue weighted by molar-refractivity contribution is 6.16. The van der Waals surface area contributed by atoms with Crippen molar-refractivity contribution >= 4 is 29.8 Å². The van der Waals surface area contributed by atoms with E-state index in [2.05, 4.69) is 34.4 Å². The average molecular weight is 657 g/mol. The number of nitrogens with zero attached hydrogens (tertiary/aromatic N) is 6. The average Bonchev–Trinajstić information content (AvgIpc) is 3.07. The summed E-state index contributed by atoms with van der Waals surface area (Å²) in [6.07, 6.45) is 8.75. The molecule has 0 atom stereocenters. The Morgan fingerprint density at radius 3 is 1.80 bits per heavy atom. The maximum absolute atomic E-state index is 11.2. The Morgan fingerprint density at radius 2 is 1.38 bits per heavy atom. The molecule has 0 N–H and O–H groups in total. The largest absolute Gasteiger partial charge is 0.469 e. The number of ether oxygens (including phenoxy) is 2. The minimum atomic E-state index is -4.64. The molecule has 0 bridgehead atoms. The van der Waals surface area contributed by atoms with Crippen molar-refractivity contribution in [1.29, 1.82) is 0 Å². The van der Waals surface area contributed by atoms with Crippen molar-refractivity contribution in [3.8, 4) is 0 Å². The molecule has 4 heterocycles. The summed E-state index contributed by atoms with van der Waals surface area (Å²) in [5, 5.41) is 0. The summed E-state index contributed by atoms with van der Waals surface area (Å²) in [4.78, 5) is 50.5. The van der Waals surface area contributed by atoms with Crippen molar-refractivity contribution in [2.75, 3.05) is 21.4 Å². The molecular weight excluding hydrogens is 624 g/mol. The third-order valence-electron chi connectivity index (χ3n) is 4.61. The summed E-state index contributed by atoms with van der Waals surface area (Å²) < 4.78 is 57.8. The molecule has 0 spiro atoms. The van der Waals surface area contributed by atoms with Crippen LogP contribution in [0.4, 0.5) is 17.6 Å². The fraction of sp³-hybridized carbons (Fsp3) is 0.276. The van der Waals surface area contributed by atoms with Gasteiger partial charge in [-0.15, -0.1) is 11.6 Å². The van der Waals surface area contributed by atoms with Crippen LogP contribution in [0.5, 0.6) is 0 Å². The van der Waals surface area contributed by atoms with Crippen LogP contribution in [0.1, 0.15) is 24.1 Å². The van der Waals surface area contributed by atoms with Crippen molar-refractivity contribution in [3.05, 3.63) is 109 Å². The fourth-order valence-corrected chi connectivity index (χ4v) is 2.87. The van der Waals surface area contributed by atoms with E-state index in [9.17, 15) is 27.2 Å². The van der Waals surface area contributed by atoms with Gasteiger partial charge in [-0.1, -0.05) is 6.07 Å². The van der Waals surface area contributed by atoms with E-state index in [0.29, 0.717) is 24.7 Å². The number of methoxy groups -OCH3 is 2. The number of rotatable bonds is 7. The Labute approximate surface area is 263 Å². The molecular formula is C29H32ClF4N6O5+. The number of carbonyl (C=O) groups is 3. The summed E-state index contributed by atoms with van der Waals surface area (Å²) in [5.74, 6) is 1.31. The molecule has 0 saturated carbocycles. The highest BCUT2D eigenvalue weighted by Gasteiger charge is 2.24. The number of pyridine rings is 2. The van der Waals surface area contributed by atoms with Gasteiger partial charge < -0.3 is 9.47 Å². The third-order valence-corrected chi connectivity index (χ3v) is 4.85. The Hall–Kier alpha value is -4.92. The molecule has 0 radical (unpaired) electrons. The predicted octanol–water partition coefficient (Wildman–Crippen LogP) is 3.87. The second-order valence-corrected chi connectivity index (χ2v) is 8.14. The van der Waals surface area contributed by atoms with E-state index in [1.165, 1.54) is 14.2 Å². The first-order valence-electron chi connectivity index (χ1n) is 13.2. The number of esters is 2. The van der Waals surface area contributed by atoms with E-state index in [1.54, 1.807) is 55.4 Å². The number of hydrogen-bond acceptors (Lipinski definition) is 10. The first-order valence-corrected chi connectivity index (χ1v) is 13.0. The van der Waals surface area contributed by atoms with Crippen LogP contribution in [0, 0.1) is 0 Å². The van der Waals surface area contributed by atoms with Gasteiger partial charge in [0, 0.05) is 48.8 Å². The molecule has 4 aromatic rings. The molecule has 0 aliphatic rings. The van der Waals surface area contributed by atoms with Crippen molar-refractivity contribution < 1.29 is 47.4 Å². The molecule has 0 unspecified atom stereocenters. The molecule has 11 nitrogen and oxygen atoms in total. The van der Waals surface area contributed by atoms with Crippen LogP contribution in [0.3, 0.4) is 0 Å². The number of aromatic nitrogens is 6. The number of aldehydes is 1. The van der Waals surface area contributed by atoms with E-state index in [0.717, 1.165) is 17.0 Å². The summed E-state index contributed by atoms with van der Waals surface area (Å²) in [6.45, 7) is 0.579. The first kappa shape index (κ1) is 38.1. The lowest BCUT2D eigenvalue weighted by Gasteiger charge is -2.00. The SMILES string of the molecule is COC(=O)Cc1ccc[n+](Cc2ncccn2)c1.COC(=O)Cc1cccnc1.ClCc1ncccn1.O=CC(F)(F)F.[2H]CF. The monoisotopic (exact) mass is 656 g/mol. The van der Waals surface area contributed by atoms with Crippen LogP contribution < -0.4 is 4.57 Å². The van der Waals surface area contributed by atoms with Crippen LogP contribution in [-0.2, 0) is 49.1 Å². The lowest BCUT2D eigenvalue weighted by Crippen LogP contribution is -2.35. The fourth-order valence-electron chi connectivity index (χ4n) is 2.73. The molecule has 45 heavy (non-hydrogen) atoms. The molecule has 0 aromatic carbocycles. The van der Waals surface area contributed by atoms with Gasteiger partial charge in [0.15, 0.2) is 18.2 Å². The highest BCUT2D eigenvalue weighted by Crippen LogP contribution is 2.08. The quantitative estimate of drug-likeness (QED) is 0.0947. The predicted molar refractivity (Wildman–Crippen MR) is 154 cm³/mol. The first-order chi connectivity index (χ1) is 22.0. The van der Waals surface area contributed by atoms with Crippen LogP contribution in [-0.4, -0.2) is 70.7 Å². The smallest absolute Gasteiger partial charge is 0.446 e. The van der Waals surface area contributed by atoms with Gasteiger partial charge in [-0.2, -0.15) is 17.7 Å². The van der Waals surface area contributed by atoms with Crippen LogP contribution >= 0.6 is 11.6 Å². The third kappa shape index (κ3) is 21.4. The molecule has 4 aromatic heterocycles. The molecule has 0 aliphatic heterocycles. The zero-order chi connectivity index (χ0) is 34.6. The highest BCUT2D eigenvalue weighted by atomic mass is 35.5. The van der Waals surface area contributed by atoms with Gasteiger partial charge in [0.25, 0.3) is 0 Å². The second-order valence-electron chi connectivity index (χ2n) is 7.87. The number of alkyl halides is 5. The normalized spacial score (nSPS) is 9.80. The molecule has 242 valence electrons. The molecule has 4 rings (SSSR count). The van der Waals surface area contributed by atoms with E-state index < -0.39 is 19.6 Å². The Bertz CT molecular complexity index is 1380. The molecule has 0 amide bonds.